The van der Waals surface area contributed by atoms with Crippen LogP contribution in [0.3, 0.4) is 0 Å². The van der Waals surface area contributed by atoms with Gasteiger partial charge in [-0.1, -0.05) is 50.1 Å². The SMILES string of the molecule is CC1CCC(CN2CNC(c3ccccc3)C2=O)CC1. The van der Waals surface area contributed by atoms with Crippen LogP contribution in [0.15, 0.2) is 30.3 Å². The van der Waals surface area contributed by atoms with E-state index in [0.29, 0.717) is 12.6 Å². The van der Waals surface area contributed by atoms with E-state index in [0.717, 1.165) is 18.0 Å². The molecule has 0 spiro atoms. The molecule has 20 heavy (non-hydrogen) atoms. The Hall–Kier alpha value is -1.35. The predicted molar refractivity (Wildman–Crippen MR) is 80.0 cm³/mol. The van der Waals surface area contributed by atoms with Gasteiger partial charge >= 0.3 is 0 Å². The van der Waals surface area contributed by atoms with E-state index in [1.165, 1.54) is 25.7 Å². The molecule has 1 saturated heterocycles. The van der Waals surface area contributed by atoms with E-state index in [4.69, 9.17) is 0 Å². The molecule has 1 aromatic rings. The van der Waals surface area contributed by atoms with E-state index in [2.05, 4.69) is 12.2 Å². The largest absolute Gasteiger partial charge is 0.328 e. The number of nitrogens with zero attached hydrogens (tertiary/aromatic N) is 1. The van der Waals surface area contributed by atoms with Crippen molar-refractivity contribution >= 4 is 5.91 Å². The van der Waals surface area contributed by atoms with Crippen LogP contribution in [0.1, 0.15) is 44.2 Å². The average molecular weight is 272 g/mol. The maximum Gasteiger partial charge on any atom is 0.245 e. The van der Waals surface area contributed by atoms with Crippen molar-refractivity contribution in [1.29, 1.82) is 0 Å². The highest BCUT2D eigenvalue weighted by molar-refractivity contribution is 5.85. The van der Waals surface area contributed by atoms with Crippen molar-refractivity contribution in [3.05, 3.63) is 35.9 Å². The minimum atomic E-state index is -0.140. The predicted octanol–water partition coefficient (Wildman–Crippen LogP) is 2.94. The van der Waals surface area contributed by atoms with Crippen LogP contribution in [0.2, 0.25) is 0 Å². The normalized spacial score (nSPS) is 30.8. The number of amides is 1. The molecule has 0 bridgehead atoms. The van der Waals surface area contributed by atoms with Crippen LogP contribution in [0.25, 0.3) is 0 Å². The van der Waals surface area contributed by atoms with E-state index in [9.17, 15) is 4.79 Å². The number of carbonyl (C=O) groups is 1. The van der Waals surface area contributed by atoms with Gasteiger partial charge in [0, 0.05) is 6.54 Å². The smallest absolute Gasteiger partial charge is 0.245 e. The highest BCUT2D eigenvalue weighted by Crippen LogP contribution is 2.30. The van der Waals surface area contributed by atoms with Gasteiger partial charge in [-0.2, -0.15) is 0 Å². The minimum Gasteiger partial charge on any atom is -0.328 e. The molecule has 2 fully saturated rings. The van der Waals surface area contributed by atoms with Crippen LogP contribution in [0.4, 0.5) is 0 Å². The third kappa shape index (κ3) is 2.88. The summed E-state index contributed by atoms with van der Waals surface area (Å²) in [4.78, 5) is 14.5. The molecule has 1 heterocycles. The van der Waals surface area contributed by atoms with Crippen molar-refractivity contribution in [3.8, 4) is 0 Å². The van der Waals surface area contributed by atoms with E-state index < -0.39 is 0 Å². The first-order chi connectivity index (χ1) is 9.74. The summed E-state index contributed by atoms with van der Waals surface area (Å²) in [6, 6.07) is 9.90. The quantitative estimate of drug-likeness (QED) is 0.917. The molecule has 0 aromatic heterocycles. The van der Waals surface area contributed by atoms with Crippen molar-refractivity contribution < 1.29 is 4.79 Å². The summed E-state index contributed by atoms with van der Waals surface area (Å²) < 4.78 is 0. The number of hydrogen-bond acceptors (Lipinski definition) is 2. The lowest BCUT2D eigenvalue weighted by Crippen LogP contribution is -2.33. The molecule has 1 aromatic carbocycles. The Morgan fingerprint density at radius 3 is 2.55 bits per heavy atom. The second kappa shape index (κ2) is 5.96. The Kier molecular flexibility index (Phi) is 4.06. The topological polar surface area (TPSA) is 32.3 Å². The molecule has 1 N–H and O–H groups in total. The van der Waals surface area contributed by atoms with E-state index in [1.54, 1.807) is 0 Å². The number of nitrogens with one attached hydrogen (secondary N) is 1. The van der Waals surface area contributed by atoms with Gasteiger partial charge in [-0.05, 0) is 30.2 Å². The number of hydrogen-bond donors (Lipinski definition) is 1. The zero-order valence-corrected chi connectivity index (χ0v) is 12.2. The summed E-state index contributed by atoms with van der Waals surface area (Å²) in [5.74, 6) is 1.82. The maximum absolute atomic E-state index is 12.5. The van der Waals surface area contributed by atoms with Crippen LogP contribution >= 0.6 is 0 Å². The van der Waals surface area contributed by atoms with Gasteiger partial charge in [-0.3, -0.25) is 10.1 Å². The van der Waals surface area contributed by atoms with Crippen molar-refractivity contribution in [1.82, 2.24) is 10.2 Å². The lowest BCUT2D eigenvalue weighted by molar-refractivity contribution is -0.129. The molecule has 108 valence electrons. The Balaban J connectivity index is 1.59. The van der Waals surface area contributed by atoms with Crippen molar-refractivity contribution in [2.75, 3.05) is 13.2 Å². The second-order valence-corrected chi connectivity index (χ2v) is 6.39. The van der Waals surface area contributed by atoms with Crippen LogP contribution in [-0.4, -0.2) is 24.0 Å². The first kappa shape index (κ1) is 13.6. The molecule has 3 rings (SSSR count). The lowest BCUT2D eigenvalue weighted by Gasteiger charge is -2.29. The van der Waals surface area contributed by atoms with Gasteiger partial charge < -0.3 is 4.90 Å². The van der Waals surface area contributed by atoms with E-state index in [-0.39, 0.29) is 11.9 Å². The fourth-order valence-corrected chi connectivity index (χ4v) is 3.43. The summed E-state index contributed by atoms with van der Waals surface area (Å²) >= 11 is 0. The molecule has 3 heteroatoms. The van der Waals surface area contributed by atoms with Crippen molar-refractivity contribution in [2.45, 2.75) is 38.6 Å². The van der Waals surface area contributed by atoms with Gasteiger partial charge in [0.1, 0.15) is 6.04 Å². The molecular weight excluding hydrogens is 248 g/mol. The fraction of sp³-hybridized carbons (Fsp3) is 0.588. The van der Waals surface area contributed by atoms with Gasteiger partial charge in [0.2, 0.25) is 5.91 Å². The summed E-state index contributed by atoms with van der Waals surface area (Å²) in [5.41, 5.74) is 1.08. The lowest BCUT2D eigenvalue weighted by atomic mass is 9.83. The highest BCUT2D eigenvalue weighted by atomic mass is 16.2. The maximum atomic E-state index is 12.5. The van der Waals surface area contributed by atoms with Crippen molar-refractivity contribution in [2.24, 2.45) is 11.8 Å². The summed E-state index contributed by atoms with van der Waals surface area (Å²) in [7, 11) is 0. The Morgan fingerprint density at radius 1 is 1.15 bits per heavy atom. The molecule has 2 aliphatic rings. The fourth-order valence-electron chi connectivity index (χ4n) is 3.43. The minimum absolute atomic E-state index is 0.140. The molecular formula is C17H24N2O. The summed E-state index contributed by atoms with van der Waals surface area (Å²) in [6.07, 6.45) is 5.20. The van der Waals surface area contributed by atoms with Gasteiger partial charge in [0.05, 0.1) is 6.67 Å². The molecule has 1 saturated carbocycles. The van der Waals surface area contributed by atoms with Crippen LogP contribution < -0.4 is 5.32 Å². The molecule has 1 aliphatic heterocycles. The number of carbonyl (C=O) groups excluding carboxylic acids is 1. The molecule has 0 radical (unpaired) electrons. The monoisotopic (exact) mass is 272 g/mol. The zero-order valence-electron chi connectivity index (χ0n) is 12.2. The Bertz CT molecular complexity index is 451. The van der Waals surface area contributed by atoms with Gasteiger partial charge in [-0.25, -0.2) is 0 Å². The molecule has 1 aliphatic carbocycles. The van der Waals surface area contributed by atoms with E-state index in [1.807, 2.05) is 35.2 Å². The molecule has 1 amide bonds. The molecule has 1 unspecified atom stereocenters. The van der Waals surface area contributed by atoms with Crippen LogP contribution in [0, 0.1) is 11.8 Å². The second-order valence-electron chi connectivity index (χ2n) is 6.39. The van der Waals surface area contributed by atoms with Gasteiger partial charge in [0.25, 0.3) is 0 Å². The van der Waals surface area contributed by atoms with Crippen LogP contribution in [-0.2, 0) is 4.79 Å². The van der Waals surface area contributed by atoms with E-state index >= 15 is 0 Å². The van der Waals surface area contributed by atoms with Crippen molar-refractivity contribution in [3.63, 3.8) is 0 Å². The van der Waals surface area contributed by atoms with Gasteiger partial charge in [-0.15, -0.1) is 0 Å². The average Bonchev–Trinajstić information content (AvgIpc) is 2.84. The number of rotatable bonds is 3. The third-order valence-corrected chi connectivity index (χ3v) is 4.79. The first-order valence-corrected chi connectivity index (χ1v) is 7.81. The summed E-state index contributed by atoms with van der Waals surface area (Å²) in [5, 5.41) is 3.35. The Morgan fingerprint density at radius 2 is 1.85 bits per heavy atom. The standard InChI is InChI=1S/C17H24N2O/c1-13-7-9-14(10-8-13)11-19-12-18-16(17(19)20)15-5-3-2-4-6-15/h2-6,13-14,16,18H,7-12H2,1H3. The third-order valence-electron chi connectivity index (χ3n) is 4.79. The summed E-state index contributed by atoms with van der Waals surface area (Å²) in [6.45, 7) is 3.97. The molecule has 3 nitrogen and oxygen atoms in total. The highest BCUT2D eigenvalue weighted by Gasteiger charge is 2.33. The first-order valence-electron chi connectivity index (χ1n) is 7.81. The van der Waals surface area contributed by atoms with Gasteiger partial charge in [0.15, 0.2) is 0 Å². The molecule has 1 atom stereocenters. The Labute approximate surface area is 121 Å². The zero-order chi connectivity index (χ0) is 13.9. The number of benzene rings is 1. The van der Waals surface area contributed by atoms with Crippen LogP contribution in [0.5, 0.6) is 0 Å².